The van der Waals surface area contributed by atoms with E-state index in [1.54, 1.807) is 0 Å². The zero-order valence-electron chi connectivity index (χ0n) is 13.7. The molecule has 0 saturated heterocycles. The van der Waals surface area contributed by atoms with E-state index in [-0.39, 0.29) is 5.92 Å². The van der Waals surface area contributed by atoms with Gasteiger partial charge in [0, 0.05) is 12.6 Å². The van der Waals surface area contributed by atoms with Crippen molar-refractivity contribution >= 4 is 18.0 Å². The molecular formula is C17H20F3NO3. The van der Waals surface area contributed by atoms with Crippen molar-refractivity contribution in [1.82, 2.24) is 5.32 Å². The van der Waals surface area contributed by atoms with Crippen LogP contribution in [0, 0.1) is 5.92 Å². The Morgan fingerprint density at radius 3 is 2.25 bits per heavy atom. The van der Waals surface area contributed by atoms with Gasteiger partial charge < -0.3 is 10.1 Å². The van der Waals surface area contributed by atoms with Gasteiger partial charge in [-0.15, -0.1) is 0 Å². The van der Waals surface area contributed by atoms with E-state index in [0.29, 0.717) is 12.1 Å². The third-order valence-corrected chi connectivity index (χ3v) is 3.00. The summed E-state index contributed by atoms with van der Waals surface area (Å²) < 4.78 is 42.2. The summed E-state index contributed by atoms with van der Waals surface area (Å²) in [5, 5.41) is 2.63. The number of amides is 1. The van der Waals surface area contributed by atoms with Gasteiger partial charge in [0.05, 0.1) is 5.56 Å². The topological polar surface area (TPSA) is 55.4 Å². The molecule has 1 aromatic rings. The highest BCUT2D eigenvalue weighted by molar-refractivity contribution is 5.90. The number of hydrogen-bond donors (Lipinski definition) is 1. The molecule has 1 N–H and O–H groups in total. The van der Waals surface area contributed by atoms with Crippen LogP contribution in [0.2, 0.25) is 0 Å². The number of halogens is 3. The predicted octanol–water partition coefficient (Wildman–Crippen LogP) is 3.42. The minimum absolute atomic E-state index is 0.274. The van der Waals surface area contributed by atoms with Crippen LogP contribution in [0.3, 0.4) is 0 Å². The number of rotatable bonds is 6. The first-order valence-electron chi connectivity index (χ1n) is 7.43. The van der Waals surface area contributed by atoms with E-state index in [0.717, 1.165) is 18.2 Å². The van der Waals surface area contributed by atoms with Crippen LogP contribution in [-0.4, -0.2) is 24.5 Å². The first-order valence-corrected chi connectivity index (χ1v) is 7.43. The lowest BCUT2D eigenvalue weighted by atomic mass is 10.1. The van der Waals surface area contributed by atoms with Gasteiger partial charge in [0.2, 0.25) is 0 Å². The van der Waals surface area contributed by atoms with Crippen molar-refractivity contribution in [2.75, 3.05) is 6.54 Å². The SMILES string of the molecule is CC(C)CNC(=O)[C@H](C)OC(=O)/C=C/c1ccc(C(F)(F)F)cc1. The fourth-order valence-corrected chi connectivity index (χ4v) is 1.66. The molecule has 7 heteroatoms. The number of carbonyl (C=O) groups is 2. The molecule has 0 aliphatic rings. The molecular weight excluding hydrogens is 323 g/mol. The van der Waals surface area contributed by atoms with E-state index < -0.39 is 29.7 Å². The number of esters is 1. The van der Waals surface area contributed by atoms with E-state index in [2.05, 4.69) is 5.32 Å². The van der Waals surface area contributed by atoms with Crippen molar-refractivity contribution in [3.05, 3.63) is 41.5 Å². The van der Waals surface area contributed by atoms with Crippen LogP contribution in [0.1, 0.15) is 31.9 Å². The summed E-state index contributed by atoms with van der Waals surface area (Å²) in [7, 11) is 0. The summed E-state index contributed by atoms with van der Waals surface area (Å²) in [4.78, 5) is 23.3. The van der Waals surface area contributed by atoms with Gasteiger partial charge in [0.25, 0.3) is 5.91 Å². The molecule has 0 aliphatic heterocycles. The molecule has 0 aliphatic carbocycles. The average Bonchev–Trinajstić information content (AvgIpc) is 2.50. The highest BCUT2D eigenvalue weighted by atomic mass is 19.4. The molecule has 1 amide bonds. The highest BCUT2D eigenvalue weighted by Crippen LogP contribution is 2.29. The Hall–Kier alpha value is -2.31. The van der Waals surface area contributed by atoms with E-state index in [4.69, 9.17) is 4.74 Å². The molecule has 0 fully saturated rings. The van der Waals surface area contributed by atoms with Crippen molar-refractivity contribution in [3.8, 4) is 0 Å². The second-order valence-electron chi connectivity index (χ2n) is 5.67. The monoisotopic (exact) mass is 343 g/mol. The fourth-order valence-electron chi connectivity index (χ4n) is 1.66. The quantitative estimate of drug-likeness (QED) is 0.636. The maximum Gasteiger partial charge on any atom is 0.416 e. The van der Waals surface area contributed by atoms with Gasteiger partial charge in [0.1, 0.15) is 0 Å². The van der Waals surface area contributed by atoms with Gasteiger partial charge in [-0.05, 0) is 36.6 Å². The van der Waals surface area contributed by atoms with Gasteiger partial charge in [-0.3, -0.25) is 4.79 Å². The Bertz CT molecular complexity index is 592. The van der Waals surface area contributed by atoms with E-state index in [1.807, 2.05) is 13.8 Å². The van der Waals surface area contributed by atoms with Crippen molar-refractivity contribution in [2.24, 2.45) is 5.92 Å². The number of hydrogen-bond acceptors (Lipinski definition) is 3. The Morgan fingerprint density at radius 1 is 1.17 bits per heavy atom. The summed E-state index contributed by atoms with van der Waals surface area (Å²) in [6, 6.07) is 4.33. The van der Waals surface area contributed by atoms with Gasteiger partial charge in [0.15, 0.2) is 6.10 Å². The maximum absolute atomic E-state index is 12.4. The van der Waals surface area contributed by atoms with Gasteiger partial charge in [-0.25, -0.2) is 4.79 Å². The van der Waals surface area contributed by atoms with Crippen LogP contribution in [0.4, 0.5) is 13.2 Å². The van der Waals surface area contributed by atoms with Crippen LogP contribution in [0.5, 0.6) is 0 Å². The van der Waals surface area contributed by atoms with Crippen molar-refractivity contribution < 1.29 is 27.5 Å². The van der Waals surface area contributed by atoms with Gasteiger partial charge >= 0.3 is 12.1 Å². The second-order valence-corrected chi connectivity index (χ2v) is 5.67. The summed E-state index contributed by atoms with van der Waals surface area (Å²) >= 11 is 0. The predicted molar refractivity (Wildman–Crippen MR) is 83.9 cm³/mol. The first kappa shape index (κ1) is 19.7. The number of ether oxygens (including phenoxy) is 1. The lowest BCUT2D eigenvalue weighted by Crippen LogP contribution is -2.37. The molecule has 0 unspecified atom stereocenters. The zero-order chi connectivity index (χ0) is 18.3. The molecule has 0 radical (unpaired) electrons. The molecule has 1 atom stereocenters. The normalized spacial score (nSPS) is 13.1. The maximum atomic E-state index is 12.4. The number of alkyl halides is 3. The molecule has 24 heavy (non-hydrogen) atoms. The highest BCUT2D eigenvalue weighted by Gasteiger charge is 2.29. The molecule has 1 aromatic carbocycles. The molecule has 0 heterocycles. The third-order valence-electron chi connectivity index (χ3n) is 3.00. The lowest BCUT2D eigenvalue weighted by Gasteiger charge is -2.13. The van der Waals surface area contributed by atoms with Crippen LogP contribution in [0.15, 0.2) is 30.3 Å². The second kappa shape index (κ2) is 8.52. The van der Waals surface area contributed by atoms with Crippen LogP contribution in [0.25, 0.3) is 6.08 Å². The zero-order valence-corrected chi connectivity index (χ0v) is 13.7. The Labute approximate surface area is 138 Å². The minimum atomic E-state index is -4.40. The van der Waals surface area contributed by atoms with Crippen LogP contribution >= 0.6 is 0 Å². The molecule has 4 nitrogen and oxygen atoms in total. The summed E-state index contributed by atoms with van der Waals surface area (Å²) in [5.74, 6) is -0.876. The standard InChI is InChI=1S/C17H20F3NO3/c1-11(2)10-21-16(23)12(3)24-15(22)9-6-13-4-7-14(8-5-13)17(18,19)20/h4-9,11-12H,10H2,1-3H3,(H,21,23)/b9-6+/t12-/m0/s1. The number of carbonyl (C=O) groups excluding carboxylic acids is 2. The Balaban J connectivity index is 2.55. The van der Waals surface area contributed by atoms with Crippen LogP contribution < -0.4 is 5.32 Å². The smallest absolute Gasteiger partial charge is 0.416 e. The summed E-state index contributed by atoms with van der Waals surface area (Å²) in [5.41, 5.74) is -0.352. The van der Waals surface area contributed by atoms with Crippen molar-refractivity contribution in [2.45, 2.75) is 33.1 Å². The fraction of sp³-hybridized carbons (Fsp3) is 0.412. The van der Waals surface area contributed by atoms with E-state index >= 15 is 0 Å². The van der Waals surface area contributed by atoms with Crippen molar-refractivity contribution in [1.29, 1.82) is 0 Å². The Morgan fingerprint density at radius 2 is 1.75 bits per heavy atom. The third kappa shape index (κ3) is 6.85. The molecule has 1 rings (SSSR count). The molecule has 0 bridgehead atoms. The summed E-state index contributed by atoms with van der Waals surface area (Å²) in [6.07, 6.45) is -2.97. The number of benzene rings is 1. The van der Waals surface area contributed by atoms with Gasteiger partial charge in [-0.2, -0.15) is 13.2 Å². The van der Waals surface area contributed by atoms with E-state index in [1.165, 1.54) is 25.1 Å². The molecule has 0 spiro atoms. The lowest BCUT2D eigenvalue weighted by molar-refractivity contribution is -0.150. The molecule has 0 saturated carbocycles. The number of nitrogens with one attached hydrogen (secondary N) is 1. The van der Waals surface area contributed by atoms with Gasteiger partial charge in [-0.1, -0.05) is 26.0 Å². The largest absolute Gasteiger partial charge is 0.449 e. The van der Waals surface area contributed by atoms with Crippen LogP contribution in [-0.2, 0) is 20.5 Å². The summed E-state index contributed by atoms with van der Waals surface area (Å²) in [6.45, 7) is 5.79. The van der Waals surface area contributed by atoms with E-state index in [9.17, 15) is 22.8 Å². The average molecular weight is 343 g/mol. The molecule has 0 aromatic heterocycles. The van der Waals surface area contributed by atoms with Crippen molar-refractivity contribution in [3.63, 3.8) is 0 Å². The Kier molecular flexibility index (Phi) is 7.00. The first-order chi connectivity index (χ1) is 11.1. The molecule has 132 valence electrons. The minimum Gasteiger partial charge on any atom is -0.449 e.